The molecule has 1 saturated carbocycles. The van der Waals surface area contributed by atoms with Crippen LogP contribution in [0.1, 0.15) is 37.3 Å². The molecule has 0 radical (unpaired) electrons. The van der Waals surface area contributed by atoms with Crippen LogP contribution in [-0.2, 0) is 11.2 Å². The van der Waals surface area contributed by atoms with E-state index in [4.69, 9.17) is 0 Å². The van der Waals surface area contributed by atoms with Gasteiger partial charge in [0.2, 0.25) is 0 Å². The molecule has 1 fully saturated rings. The van der Waals surface area contributed by atoms with Crippen molar-refractivity contribution in [3.05, 3.63) is 65.4 Å². The molecule has 1 heterocycles. The standard InChI is InChI=1S/C24H22O2S/c1-2-14-7-8-16(21-13-15-5-3-4-6-20(15)27-21)12-19(14)22-23(25)17-9-10-18(11-17)24(22)26/h3-8,12-13,17-18,25H,2,9-11H2,1H3/t17-,18+/m0/s1. The molecule has 1 aromatic heterocycles. The zero-order valence-electron chi connectivity index (χ0n) is 15.4. The van der Waals surface area contributed by atoms with Crippen LogP contribution in [-0.4, -0.2) is 10.9 Å². The van der Waals surface area contributed by atoms with E-state index in [0.717, 1.165) is 42.4 Å². The van der Waals surface area contributed by atoms with Crippen molar-refractivity contribution in [2.45, 2.75) is 32.6 Å². The summed E-state index contributed by atoms with van der Waals surface area (Å²) in [7, 11) is 0. The molecular weight excluding hydrogens is 352 g/mol. The van der Waals surface area contributed by atoms with Crippen molar-refractivity contribution >= 4 is 32.8 Å². The Kier molecular flexibility index (Phi) is 3.94. The summed E-state index contributed by atoms with van der Waals surface area (Å²) < 4.78 is 1.27. The van der Waals surface area contributed by atoms with E-state index in [9.17, 15) is 9.90 Å². The summed E-state index contributed by atoms with van der Waals surface area (Å²) in [5, 5.41) is 12.1. The fourth-order valence-corrected chi connectivity index (χ4v) is 5.73. The van der Waals surface area contributed by atoms with Crippen LogP contribution in [0.3, 0.4) is 0 Å². The molecule has 136 valence electrons. The van der Waals surface area contributed by atoms with Crippen LogP contribution >= 0.6 is 11.3 Å². The first-order chi connectivity index (χ1) is 13.2. The largest absolute Gasteiger partial charge is 0.511 e. The average Bonchev–Trinajstić information content (AvgIpc) is 3.32. The van der Waals surface area contributed by atoms with Crippen LogP contribution in [0.5, 0.6) is 0 Å². The van der Waals surface area contributed by atoms with Gasteiger partial charge in [-0.25, -0.2) is 0 Å². The molecule has 2 aliphatic rings. The quantitative estimate of drug-likeness (QED) is 0.576. The van der Waals surface area contributed by atoms with Crippen molar-refractivity contribution in [1.82, 2.24) is 0 Å². The third-order valence-corrected chi connectivity index (χ3v) is 7.33. The summed E-state index contributed by atoms with van der Waals surface area (Å²) in [6, 6.07) is 17.0. The van der Waals surface area contributed by atoms with Crippen molar-refractivity contribution in [2.24, 2.45) is 11.8 Å². The smallest absolute Gasteiger partial charge is 0.169 e. The molecule has 2 aromatic carbocycles. The second kappa shape index (κ2) is 6.35. The number of aliphatic hydroxyl groups is 1. The average molecular weight is 375 g/mol. The van der Waals surface area contributed by atoms with Crippen molar-refractivity contribution in [3.8, 4) is 10.4 Å². The number of aliphatic hydroxyl groups excluding tert-OH is 1. The summed E-state index contributed by atoms with van der Waals surface area (Å²) in [5.41, 5.74) is 3.78. The first-order valence-electron chi connectivity index (χ1n) is 9.75. The molecule has 27 heavy (non-hydrogen) atoms. The van der Waals surface area contributed by atoms with Gasteiger partial charge < -0.3 is 5.11 Å². The second-order valence-corrected chi connectivity index (χ2v) is 8.79. The molecule has 0 aliphatic heterocycles. The predicted molar refractivity (Wildman–Crippen MR) is 112 cm³/mol. The first-order valence-corrected chi connectivity index (χ1v) is 10.6. The molecule has 0 saturated heterocycles. The minimum absolute atomic E-state index is 0.0959. The number of hydrogen-bond acceptors (Lipinski definition) is 3. The summed E-state index contributed by atoms with van der Waals surface area (Å²) >= 11 is 1.77. The van der Waals surface area contributed by atoms with E-state index in [0.29, 0.717) is 11.3 Å². The fraction of sp³-hybridized carbons (Fsp3) is 0.292. The molecular formula is C24H22O2S. The number of thiophene rings is 1. The van der Waals surface area contributed by atoms with Gasteiger partial charge in [-0.3, -0.25) is 4.79 Å². The maximum atomic E-state index is 13.0. The number of hydrogen-bond donors (Lipinski definition) is 1. The lowest BCUT2D eigenvalue weighted by molar-refractivity contribution is -0.117. The number of Topliss-reactive ketones (excluding diaryl/α,β-unsaturated/α-hetero) is 1. The van der Waals surface area contributed by atoms with E-state index in [-0.39, 0.29) is 17.6 Å². The summed E-state index contributed by atoms with van der Waals surface area (Å²) in [5.74, 6) is 0.736. The zero-order valence-corrected chi connectivity index (χ0v) is 16.2. The Labute approximate surface area is 163 Å². The second-order valence-electron chi connectivity index (χ2n) is 7.71. The number of ketones is 1. The molecule has 2 atom stereocenters. The van der Waals surface area contributed by atoms with Crippen molar-refractivity contribution in [1.29, 1.82) is 0 Å². The minimum Gasteiger partial charge on any atom is -0.511 e. The monoisotopic (exact) mass is 374 g/mol. The molecule has 0 unspecified atom stereocenters. The van der Waals surface area contributed by atoms with Gasteiger partial charge in [-0.1, -0.05) is 37.3 Å². The summed E-state index contributed by atoms with van der Waals surface area (Å²) in [6.07, 6.45) is 3.52. The number of fused-ring (bicyclic) bond motifs is 3. The fourth-order valence-electron chi connectivity index (χ4n) is 4.67. The molecule has 5 rings (SSSR count). The van der Waals surface area contributed by atoms with Crippen LogP contribution in [0.2, 0.25) is 0 Å². The maximum absolute atomic E-state index is 13.0. The highest BCUT2D eigenvalue weighted by molar-refractivity contribution is 7.22. The Morgan fingerprint density at radius 2 is 1.89 bits per heavy atom. The van der Waals surface area contributed by atoms with Gasteiger partial charge in [0.05, 0.1) is 5.57 Å². The third-order valence-electron chi connectivity index (χ3n) is 6.16. The summed E-state index contributed by atoms with van der Waals surface area (Å²) in [6.45, 7) is 2.11. The van der Waals surface area contributed by atoms with Gasteiger partial charge in [0, 0.05) is 21.4 Å². The van der Waals surface area contributed by atoms with E-state index in [2.05, 4.69) is 55.5 Å². The number of benzene rings is 2. The Morgan fingerprint density at radius 1 is 1.07 bits per heavy atom. The molecule has 0 spiro atoms. The first kappa shape index (κ1) is 16.8. The predicted octanol–water partition coefficient (Wildman–Crippen LogP) is 6.40. The van der Waals surface area contributed by atoms with Gasteiger partial charge in [0.25, 0.3) is 0 Å². The topological polar surface area (TPSA) is 37.3 Å². The zero-order chi connectivity index (χ0) is 18.5. The van der Waals surface area contributed by atoms with Crippen LogP contribution in [0.15, 0.2) is 54.3 Å². The molecule has 0 amide bonds. The number of carbonyl (C=O) groups excluding carboxylic acids is 1. The number of rotatable bonds is 3. The van der Waals surface area contributed by atoms with E-state index in [1.165, 1.54) is 15.0 Å². The highest BCUT2D eigenvalue weighted by atomic mass is 32.1. The Morgan fingerprint density at radius 3 is 2.70 bits per heavy atom. The van der Waals surface area contributed by atoms with Crippen LogP contribution < -0.4 is 0 Å². The lowest BCUT2D eigenvalue weighted by Gasteiger charge is -2.23. The minimum atomic E-state index is 0.0959. The molecule has 2 bridgehead atoms. The molecule has 1 N–H and O–H groups in total. The van der Waals surface area contributed by atoms with E-state index >= 15 is 0 Å². The van der Waals surface area contributed by atoms with E-state index in [1.807, 2.05) is 0 Å². The molecule has 2 aliphatic carbocycles. The van der Waals surface area contributed by atoms with Crippen LogP contribution in [0.4, 0.5) is 0 Å². The Hall–Kier alpha value is -2.39. The van der Waals surface area contributed by atoms with Gasteiger partial charge in [0.15, 0.2) is 5.78 Å². The van der Waals surface area contributed by atoms with Gasteiger partial charge >= 0.3 is 0 Å². The number of allylic oxidation sites excluding steroid dienone is 2. The maximum Gasteiger partial charge on any atom is 0.169 e. The molecule has 2 nitrogen and oxygen atoms in total. The molecule has 3 heteroatoms. The Balaban J connectivity index is 1.67. The lowest BCUT2D eigenvalue weighted by Crippen LogP contribution is -2.22. The summed E-state index contributed by atoms with van der Waals surface area (Å²) in [4.78, 5) is 14.2. The van der Waals surface area contributed by atoms with Crippen LogP contribution in [0.25, 0.3) is 26.1 Å². The SMILES string of the molecule is CCc1ccc(-c2cc3ccccc3s2)cc1C1=C(O)[C@H]2CC[C@H](C2)C1=O. The van der Waals surface area contributed by atoms with Crippen molar-refractivity contribution < 1.29 is 9.90 Å². The van der Waals surface area contributed by atoms with Crippen LogP contribution in [0, 0.1) is 11.8 Å². The van der Waals surface area contributed by atoms with Crippen molar-refractivity contribution in [3.63, 3.8) is 0 Å². The highest BCUT2D eigenvalue weighted by Crippen LogP contribution is 2.46. The van der Waals surface area contributed by atoms with E-state index in [1.54, 1.807) is 11.3 Å². The third kappa shape index (κ3) is 2.64. The van der Waals surface area contributed by atoms with Crippen molar-refractivity contribution in [2.75, 3.05) is 0 Å². The number of aryl methyl sites for hydroxylation is 1. The highest BCUT2D eigenvalue weighted by Gasteiger charge is 2.41. The Bertz CT molecular complexity index is 1060. The van der Waals surface area contributed by atoms with Gasteiger partial charge in [0.1, 0.15) is 5.76 Å². The number of carbonyl (C=O) groups is 1. The lowest BCUT2D eigenvalue weighted by atomic mass is 9.81. The normalized spacial score (nSPS) is 22.0. The van der Waals surface area contributed by atoms with Gasteiger partial charge in [-0.05, 0) is 66.0 Å². The van der Waals surface area contributed by atoms with E-state index < -0.39 is 0 Å². The van der Waals surface area contributed by atoms with Gasteiger partial charge in [-0.2, -0.15) is 0 Å². The molecule has 3 aromatic rings. The van der Waals surface area contributed by atoms with Gasteiger partial charge in [-0.15, -0.1) is 11.3 Å².